The van der Waals surface area contributed by atoms with Gasteiger partial charge in [-0.2, -0.15) is 0 Å². The van der Waals surface area contributed by atoms with Gasteiger partial charge in [0.05, 0.1) is 20.8 Å². The zero-order chi connectivity index (χ0) is 19.6. The van der Waals surface area contributed by atoms with Crippen molar-refractivity contribution in [3.05, 3.63) is 59.7 Å². The second-order valence-electron chi connectivity index (χ2n) is 5.84. The minimum Gasteiger partial charge on any atom is -0.497 e. The first-order valence-electron chi connectivity index (χ1n) is 8.35. The van der Waals surface area contributed by atoms with E-state index in [-0.39, 0.29) is 19.8 Å². The van der Waals surface area contributed by atoms with E-state index in [1.807, 2.05) is 30.3 Å². The molecular weight excluding hydrogens is 350 g/mol. The van der Waals surface area contributed by atoms with Gasteiger partial charge in [-0.3, -0.25) is 9.59 Å². The van der Waals surface area contributed by atoms with E-state index < -0.39 is 18.4 Å². The Morgan fingerprint density at radius 3 is 2.15 bits per heavy atom. The highest BCUT2D eigenvalue weighted by Crippen LogP contribution is 2.23. The topological polar surface area (TPSA) is 85.3 Å². The molecule has 0 aliphatic carbocycles. The fraction of sp³-hybridized carbons (Fsp3) is 0.300. The molecule has 0 fully saturated rings. The normalized spacial score (nSPS) is 10.3. The number of carbonyl (C=O) groups is 2. The Balaban J connectivity index is 2.03. The Bertz CT molecular complexity index is 740. The van der Waals surface area contributed by atoms with Gasteiger partial charge in [-0.05, 0) is 23.3 Å². The number of aliphatic carboxylic acids is 1. The lowest BCUT2D eigenvalue weighted by molar-refractivity contribution is -0.147. The van der Waals surface area contributed by atoms with Gasteiger partial charge in [-0.15, -0.1) is 0 Å². The lowest BCUT2D eigenvalue weighted by Gasteiger charge is -2.21. The molecule has 0 saturated heterocycles. The molecule has 0 aliphatic heterocycles. The van der Waals surface area contributed by atoms with Crippen LogP contribution in [0.3, 0.4) is 0 Å². The van der Waals surface area contributed by atoms with Crippen LogP contribution in [0.5, 0.6) is 11.5 Å². The summed E-state index contributed by atoms with van der Waals surface area (Å²) in [6.45, 7) is -0.246. The van der Waals surface area contributed by atoms with E-state index in [4.69, 9.17) is 19.3 Å². The van der Waals surface area contributed by atoms with Crippen molar-refractivity contribution in [1.82, 2.24) is 4.90 Å². The van der Waals surface area contributed by atoms with Crippen LogP contribution < -0.4 is 9.47 Å². The van der Waals surface area contributed by atoms with E-state index in [9.17, 15) is 9.59 Å². The number of carboxylic acid groups (broad SMARTS) is 1. The predicted molar refractivity (Wildman–Crippen MR) is 98.7 cm³/mol. The van der Waals surface area contributed by atoms with Crippen LogP contribution in [0.25, 0.3) is 0 Å². The van der Waals surface area contributed by atoms with Gasteiger partial charge in [0.1, 0.15) is 24.7 Å². The lowest BCUT2D eigenvalue weighted by Crippen LogP contribution is -2.37. The van der Waals surface area contributed by atoms with Crippen LogP contribution in [0.2, 0.25) is 0 Å². The van der Waals surface area contributed by atoms with Gasteiger partial charge in [0.25, 0.3) is 0 Å². The summed E-state index contributed by atoms with van der Waals surface area (Å²) in [4.78, 5) is 24.8. The van der Waals surface area contributed by atoms with Crippen LogP contribution in [0.4, 0.5) is 0 Å². The molecule has 2 rings (SSSR count). The smallest absolute Gasteiger partial charge is 0.323 e. The molecule has 0 heterocycles. The summed E-state index contributed by atoms with van der Waals surface area (Å²) in [5.41, 5.74) is 1.64. The number of carbonyl (C=O) groups excluding carboxylic acids is 1. The highest BCUT2D eigenvalue weighted by atomic mass is 16.5. The Morgan fingerprint density at radius 1 is 0.963 bits per heavy atom. The molecule has 0 bridgehead atoms. The third-order valence-electron chi connectivity index (χ3n) is 3.80. The highest BCUT2D eigenvalue weighted by Gasteiger charge is 2.18. The molecule has 0 saturated carbocycles. The maximum absolute atomic E-state index is 12.5. The maximum Gasteiger partial charge on any atom is 0.323 e. The Morgan fingerprint density at radius 2 is 1.59 bits per heavy atom. The Kier molecular flexibility index (Phi) is 7.63. The molecule has 2 aromatic rings. The van der Waals surface area contributed by atoms with Crippen LogP contribution in [-0.2, 0) is 27.5 Å². The number of carboxylic acids is 1. The van der Waals surface area contributed by atoms with Crippen molar-refractivity contribution in [2.24, 2.45) is 0 Å². The van der Waals surface area contributed by atoms with Crippen LogP contribution in [0, 0.1) is 0 Å². The summed E-state index contributed by atoms with van der Waals surface area (Å²) in [5, 5.41) is 9.13. The van der Waals surface area contributed by atoms with Crippen molar-refractivity contribution in [3.8, 4) is 11.5 Å². The van der Waals surface area contributed by atoms with Gasteiger partial charge in [0, 0.05) is 12.6 Å². The van der Waals surface area contributed by atoms with Crippen LogP contribution in [0.1, 0.15) is 11.1 Å². The lowest BCUT2D eigenvalue weighted by atomic mass is 10.2. The monoisotopic (exact) mass is 373 g/mol. The average molecular weight is 373 g/mol. The molecule has 0 unspecified atom stereocenters. The van der Waals surface area contributed by atoms with Crippen LogP contribution in [0.15, 0.2) is 48.5 Å². The second-order valence-corrected chi connectivity index (χ2v) is 5.84. The van der Waals surface area contributed by atoms with E-state index in [2.05, 4.69) is 0 Å². The third-order valence-corrected chi connectivity index (χ3v) is 3.80. The Labute approximate surface area is 158 Å². The van der Waals surface area contributed by atoms with E-state index in [1.54, 1.807) is 18.2 Å². The molecule has 1 amide bonds. The molecule has 0 atom stereocenters. The quantitative estimate of drug-likeness (QED) is 0.688. The third kappa shape index (κ3) is 6.63. The zero-order valence-electron chi connectivity index (χ0n) is 15.4. The summed E-state index contributed by atoms with van der Waals surface area (Å²) >= 11 is 0. The summed E-state index contributed by atoms with van der Waals surface area (Å²) in [6, 6.07) is 14.6. The first kappa shape index (κ1) is 20.3. The molecule has 0 aliphatic rings. The summed E-state index contributed by atoms with van der Waals surface area (Å²) in [7, 11) is 3.05. The summed E-state index contributed by atoms with van der Waals surface area (Å²) in [5.74, 6) is -0.379. The van der Waals surface area contributed by atoms with Gasteiger partial charge in [-0.1, -0.05) is 30.3 Å². The highest BCUT2D eigenvalue weighted by molar-refractivity contribution is 5.82. The van der Waals surface area contributed by atoms with E-state index >= 15 is 0 Å². The fourth-order valence-electron chi connectivity index (χ4n) is 2.50. The van der Waals surface area contributed by atoms with Gasteiger partial charge in [0.2, 0.25) is 5.91 Å². The number of hydrogen-bond acceptors (Lipinski definition) is 5. The summed E-state index contributed by atoms with van der Waals surface area (Å²) < 4.78 is 15.9. The van der Waals surface area contributed by atoms with Gasteiger partial charge < -0.3 is 24.2 Å². The molecule has 0 radical (unpaired) electrons. The number of amides is 1. The van der Waals surface area contributed by atoms with Crippen molar-refractivity contribution < 1.29 is 28.9 Å². The van der Waals surface area contributed by atoms with Crippen molar-refractivity contribution >= 4 is 11.9 Å². The summed E-state index contributed by atoms with van der Waals surface area (Å²) in [6.07, 6.45) is 0. The SMILES string of the molecule is COc1cc(CN(CC(=O)O)C(=O)COCc2ccccc2)cc(OC)c1. The fourth-order valence-corrected chi connectivity index (χ4v) is 2.50. The molecule has 1 N–H and O–H groups in total. The number of rotatable bonds is 10. The second kappa shape index (κ2) is 10.2. The molecule has 0 aromatic heterocycles. The molecule has 0 spiro atoms. The standard InChI is InChI=1S/C20H23NO6/c1-25-17-8-16(9-18(10-17)26-2)11-21(12-20(23)24)19(22)14-27-13-15-6-4-3-5-7-15/h3-10H,11-14H2,1-2H3,(H,23,24). The molecule has 7 heteroatoms. The first-order valence-corrected chi connectivity index (χ1v) is 8.35. The van der Waals surface area contributed by atoms with E-state index in [0.717, 1.165) is 5.56 Å². The Hall–Kier alpha value is -3.06. The van der Waals surface area contributed by atoms with Gasteiger partial charge >= 0.3 is 5.97 Å². The largest absolute Gasteiger partial charge is 0.497 e. The number of methoxy groups -OCH3 is 2. The van der Waals surface area contributed by atoms with Crippen molar-refractivity contribution in [1.29, 1.82) is 0 Å². The minimum absolute atomic E-state index is 0.105. The van der Waals surface area contributed by atoms with E-state index in [1.165, 1.54) is 19.1 Å². The van der Waals surface area contributed by atoms with Crippen LogP contribution in [-0.4, -0.2) is 49.3 Å². The van der Waals surface area contributed by atoms with E-state index in [0.29, 0.717) is 17.1 Å². The number of nitrogens with zero attached hydrogens (tertiary/aromatic N) is 1. The molecular formula is C20H23NO6. The minimum atomic E-state index is -1.10. The molecule has 27 heavy (non-hydrogen) atoms. The number of hydrogen-bond donors (Lipinski definition) is 1. The molecule has 144 valence electrons. The van der Waals surface area contributed by atoms with Gasteiger partial charge in [-0.25, -0.2) is 0 Å². The maximum atomic E-state index is 12.5. The van der Waals surface area contributed by atoms with Crippen molar-refractivity contribution in [3.63, 3.8) is 0 Å². The van der Waals surface area contributed by atoms with Crippen molar-refractivity contribution in [2.45, 2.75) is 13.2 Å². The molecule has 7 nitrogen and oxygen atoms in total. The number of ether oxygens (including phenoxy) is 3. The first-order chi connectivity index (χ1) is 13.0. The van der Waals surface area contributed by atoms with Crippen molar-refractivity contribution in [2.75, 3.05) is 27.4 Å². The zero-order valence-corrected chi connectivity index (χ0v) is 15.4. The van der Waals surface area contributed by atoms with Crippen LogP contribution >= 0.6 is 0 Å². The average Bonchev–Trinajstić information content (AvgIpc) is 2.67. The molecule has 2 aromatic carbocycles. The van der Waals surface area contributed by atoms with Gasteiger partial charge in [0.15, 0.2) is 0 Å². The number of benzene rings is 2. The predicted octanol–water partition coefficient (Wildman–Crippen LogP) is 2.33.